The molecule has 0 saturated carbocycles. The van der Waals surface area contributed by atoms with Gasteiger partial charge in [0.15, 0.2) is 0 Å². The van der Waals surface area contributed by atoms with Crippen LogP contribution in [-0.4, -0.2) is 40.0 Å². The molecule has 0 N–H and O–H groups in total. The molecule has 2 heterocycles. The molecule has 1 aromatic carbocycles. The molecule has 0 aliphatic carbocycles. The number of amides is 1. The van der Waals surface area contributed by atoms with Gasteiger partial charge in [0.25, 0.3) is 5.91 Å². The van der Waals surface area contributed by atoms with Gasteiger partial charge < -0.3 is 9.64 Å². The van der Waals surface area contributed by atoms with Gasteiger partial charge in [-0.05, 0) is 65.9 Å². The zero-order chi connectivity index (χ0) is 17.1. The largest absolute Gasteiger partial charge is 0.458 e. The Labute approximate surface area is 150 Å². The number of ether oxygens (including phenoxy) is 1. The average Bonchev–Trinajstić information content (AvgIpc) is 2.59. The molecule has 1 saturated heterocycles. The van der Waals surface area contributed by atoms with Crippen molar-refractivity contribution in [3.05, 3.63) is 51.8 Å². The molecule has 126 valence electrons. The summed E-state index contributed by atoms with van der Waals surface area (Å²) >= 11 is 3.30. The van der Waals surface area contributed by atoms with Crippen molar-refractivity contribution in [1.29, 1.82) is 0 Å². The maximum absolute atomic E-state index is 12.7. The van der Waals surface area contributed by atoms with E-state index in [2.05, 4.69) is 25.9 Å². The summed E-state index contributed by atoms with van der Waals surface area (Å²) in [6.07, 6.45) is 5.05. The van der Waals surface area contributed by atoms with Gasteiger partial charge in [-0.15, -0.1) is 0 Å². The second kappa shape index (κ2) is 7.30. The van der Waals surface area contributed by atoms with Gasteiger partial charge in [0, 0.05) is 24.5 Å². The van der Waals surface area contributed by atoms with E-state index >= 15 is 0 Å². The molecule has 0 radical (unpaired) electrons. The standard InChI is InChI=1S/C18H20BrN3O2/c1-12-5-6-14(8-13(12)2)17(23)22-7-3-4-16(11-22)24-18-20-9-15(19)10-21-18/h5-6,8-10,16H,3-4,7,11H2,1-2H3. The fourth-order valence-electron chi connectivity index (χ4n) is 2.79. The number of rotatable bonds is 3. The summed E-state index contributed by atoms with van der Waals surface area (Å²) in [6.45, 7) is 5.39. The molecule has 2 aromatic rings. The molecule has 1 fully saturated rings. The molecule has 1 aromatic heterocycles. The van der Waals surface area contributed by atoms with Crippen LogP contribution in [0.15, 0.2) is 35.1 Å². The van der Waals surface area contributed by atoms with Crippen LogP contribution in [0.4, 0.5) is 0 Å². The summed E-state index contributed by atoms with van der Waals surface area (Å²) in [5, 5.41) is 0. The number of likely N-dealkylation sites (tertiary alicyclic amines) is 1. The Balaban J connectivity index is 1.67. The predicted molar refractivity (Wildman–Crippen MR) is 95.2 cm³/mol. The van der Waals surface area contributed by atoms with Crippen LogP contribution < -0.4 is 4.74 Å². The quantitative estimate of drug-likeness (QED) is 0.805. The zero-order valence-electron chi connectivity index (χ0n) is 13.8. The Morgan fingerprint density at radius 1 is 1.25 bits per heavy atom. The normalized spacial score (nSPS) is 17.6. The van der Waals surface area contributed by atoms with Crippen LogP contribution in [0.2, 0.25) is 0 Å². The van der Waals surface area contributed by atoms with Gasteiger partial charge >= 0.3 is 6.01 Å². The highest BCUT2D eigenvalue weighted by Gasteiger charge is 2.26. The minimum absolute atomic E-state index is 0.0584. The van der Waals surface area contributed by atoms with Crippen LogP contribution in [-0.2, 0) is 0 Å². The second-order valence-electron chi connectivity index (χ2n) is 6.12. The summed E-state index contributed by atoms with van der Waals surface area (Å²) in [6, 6.07) is 6.20. The molecular weight excluding hydrogens is 370 g/mol. The third-order valence-electron chi connectivity index (χ3n) is 4.29. The lowest BCUT2D eigenvalue weighted by atomic mass is 10.0. The molecule has 0 spiro atoms. The van der Waals surface area contributed by atoms with Crippen LogP contribution in [0.25, 0.3) is 0 Å². The number of carbonyl (C=O) groups is 1. The third-order valence-corrected chi connectivity index (χ3v) is 4.70. The summed E-state index contributed by atoms with van der Waals surface area (Å²) in [4.78, 5) is 22.9. The molecule has 6 heteroatoms. The van der Waals surface area contributed by atoms with Gasteiger partial charge in [-0.25, -0.2) is 9.97 Å². The van der Waals surface area contributed by atoms with E-state index in [-0.39, 0.29) is 12.0 Å². The highest BCUT2D eigenvalue weighted by molar-refractivity contribution is 9.10. The highest BCUT2D eigenvalue weighted by Crippen LogP contribution is 2.19. The molecule has 1 aliphatic rings. The Kier molecular flexibility index (Phi) is 5.14. The number of benzene rings is 1. The Hall–Kier alpha value is -1.95. The lowest BCUT2D eigenvalue weighted by Gasteiger charge is -2.32. The number of hydrogen-bond donors (Lipinski definition) is 0. The van der Waals surface area contributed by atoms with Crippen molar-refractivity contribution in [2.24, 2.45) is 0 Å². The Bertz CT molecular complexity index is 734. The molecule has 24 heavy (non-hydrogen) atoms. The van der Waals surface area contributed by atoms with Gasteiger partial charge in [-0.1, -0.05) is 6.07 Å². The van der Waals surface area contributed by atoms with Gasteiger partial charge in [0.1, 0.15) is 6.10 Å². The molecule has 1 aliphatic heterocycles. The van der Waals surface area contributed by atoms with Gasteiger partial charge in [-0.3, -0.25) is 4.79 Å². The van der Waals surface area contributed by atoms with E-state index in [0.29, 0.717) is 12.6 Å². The number of nitrogens with zero attached hydrogens (tertiary/aromatic N) is 3. The Morgan fingerprint density at radius 2 is 2.00 bits per heavy atom. The average molecular weight is 390 g/mol. The van der Waals surface area contributed by atoms with E-state index in [9.17, 15) is 4.79 Å². The lowest BCUT2D eigenvalue weighted by Crippen LogP contribution is -2.44. The first-order valence-electron chi connectivity index (χ1n) is 8.03. The van der Waals surface area contributed by atoms with E-state index in [1.54, 1.807) is 12.4 Å². The van der Waals surface area contributed by atoms with Crippen LogP contribution in [0.3, 0.4) is 0 Å². The smallest absolute Gasteiger partial charge is 0.316 e. The predicted octanol–water partition coefficient (Wildman–Crippen LogP) is 3.54. The number of hydrogen-bond acceptors (Lipinski definition) is 4. The minimum atomic E-state index is -0.0737. The fraction of sp³-hybridized carbons (Fsp3) is 0.389. The molecule has 1 atom stereocenters. The number of aromatic nitrogens is 2. The first-order chi connectivity index (χ1) is 11.5. The van der Waals surface area contributed by atoms with Gasteiger partial charge in [0.05, 0.1) is 11.0 Å². The topological polar surface area (TPSA) is 55.3 Å². The molecule has 1 unspecified atom stereocenters. The van der Waals surface area contributed by atoms with Gasteiger partial charge in [-0.2, -0.15) is 0 Å². The van der Waals surface area contributed by atoms with E-state index < -0.39 is 0 Å². The first-order valence-corrected chi connectivity index (χ1v) is 8.83. The minimum Gasteiger partial charge on any atom is -0.458 e. The molecule has 3 rings (SSSR count). The highest BCUT2D eigenvalue weighted by atomic mass is 79.9. The fourth-order valence-corrected chi connectivity index (χ4v) is 2.99. The van der Waals surface area contributed by atoms with Crippen molar-refractivity contribution >= 4 is 21.8 Å². The van der Waals surface area contributed by atoms with Crippen molar-refractivity contribution in [2.45, 2.75) is 32.8 Å². The first kappa shape index (κ1) is 16.9. The van der Waals surface area contributed by atoms with Crippen LogP contribution in [0.5, 0.6) is 6.01 Å². The van der Waals surface area contributed by atoms with Gasteiger partial charge in [0.2, 0.25) is 0 Å². The van der Waals surface area contributed by atoms with Crippen molar-refractivity contribution < 1.29 is 9.53 Å². The number of piperidine rings is 1. The summed E-state index contributed by atoms with van der Waals surface area (Å²) in [5.41, 5.74) is 3.06. The van der Waals surface area contributed by atoms with Crippen LogP contribution >= 0.6 is 15.9 Å². The Morgan fingerprint density at radius 3 is 2.71 bits per heavy atom. The van der Waals surface area contributed by atoms with E-state index in [0.717, 1.165) is 35.0 Å². The van der Waals surface area contributed by atoms with Crippen molar-refractivity contribution in [3.8, 4) is 6.01 Å². The zero-order valence-corrected chi connectivity index (χ0v) is 15.4. The maximum Gasteiger partial charge on any atom is 0.316 e. The van der Waals surface area contributed by atoms with E-state index in [4.69, 9.17) is 4.74 Å². The number of aryl methyl sites for hydroxylation is 2. The maximum atomic E-state index is 12.7. The third kappa shape index (κ3) is 3.93. The molecule has 0 bridgehead atoms. The van der Waals surface area contributed by atoms with E-state index in [1.165, 1.54) is 5.56 Å². The monoisotopic (exact) mass is 389 g/mol. The molecule has 5 nitrogen and oxygen atoms in total. The summed E-state index contributed by atoms with van der Waals surface area (Å²) in [7, 11) is 0. The van der Waals surface area contributed by atoms with E-state index in [1.807, 2.05) is 36.9 Å². The van der Waals surface area contributed by atoms with Crippen LogP contribution in [0, 0.1) is 13.8 Å². The number of halogens is 1. The lowest BCUT2D eigenvalue weighted by molar-refractivity contribution is 0.0515. The SMILES string of the molecule is Cc1ccc(C(=O)N2CCCC(Oc3ncc(Br)cn3)C2)cc1C. The van der Waals surface area contributed by atoms with Crippen LogP contribution in [0.1, 0.15) is 34.3 Å². The van der Waals surface area contributed by atoms with Crippen molar-refractivity contribution in [1.82, 2.24) is 14.9 Å². The molecule has 1 amide bonds. The van der Waals surface area contributed by atoms with Crippen molar-refractivity contribution in [3.63, 3.8) is 0 Å². The summed E-state index contributed by atoms with van der Waals surface area (Å²) < 4.78 is 6.64. The van der Waals surface area contributed by atoms with Crippen molar-refractivity contribution in [2.75, 3.05) is 13.1 Å². The second-order valence-corrected chi connectivity index (χ2v) is 7.03. The molecular formula is C18H20BrN3O2. The summed E-state index contributed by atoms with van der Waals surface area (Å²) in [5.74, 6) is 0.0584. The number of carbonyl (C=O) groups excluding carboxylic acids is 1.